The zero-order valence-electron chi connectivity index (χ0n) is 12.9. The fraction of sp³-hybridized carbons (Fsp3) is 0.529. The van der Waals surface area contributed by atoms with Crippen molar-refractivity contribution in [1.29, 1.82) is 5.26 Å². The molecular formula is C17H23N3O. The molecule has 2 rings (SSSR count). The van der Waals surface area contributed by atoms with Gasteiger partial charge in [-0.1, -0.05) is 24.6 Å². The van der Waals surface area contributed by atoms with Crippen molar-refractivity contribution in [2.45, 2.75) is 39.2 Å². The maximum atomic E-state index is 11.9. The molecular weight excluding hydrogens is 262 g/mol. The Morgan fingerprint density at radius 2 is 2.24 bits per heavy atom. The number of aryl methyl sites for hydroxylation is 1. The average molecular weight is 285 g/mol. The summed E-state index contributed by atoms with van der Waals surface area (Å²) < 4.78 is 0. The van der Waals surface area contributed by atoms with Crippen LogP contribution in [0, 0.1) is 25.2 Å². The second-order valence-corrected chi connectivity index (χ2v) is 5.71. The van der Waals surface area contributed by atoms with Crippen LogP contribution >= 0.6 is 0 Å². The van der Waals surface area contributed by atoms with Gasteiger partial charge < -0.3 is 5.32 Å². The van der Waals surface area contributed by atoms with Gasteiger partial charge in [0.1, 0.15) is 6.54 Å². The lowest BCUT2D eigenvalue weighted by Gasteiger charge is -2.36. The quantitative estimate of drug-likeness (QED) is 0.865. The van der Waals surface area contributed by atoms with Gasteiger partial charge in [-0.2, -0.15) is 5.26 Å². The van der Waals surface area contributed by atoms with Crippen molar-refractivity contribution in [2.75, 3.05) is 19.6 Å². The summed E-state index contributed by atoms with van der Waals surface area (Å²) in [7, 11) is 0. The van der Waals surface area contributed by atoms with E-state index in [2.05, 4.69) is 42.3 Å². The lowest BCUT2D eigenvalue weighted by atomic mass is 9.90. The normalized spacial score (nSPS) is 19.0. The number of piperidine rings is 1. The van der Waals surface area contributed by atoms with Crippen molar-refractivity contribution >= 4 is 5.91 Å². The molecule has 4 nitrogen and oxygen atoms in total. The smallest absolute Gasteiger partial charge is 0.235 e. The minimum Gasteiger partial charge on any atom is -0.342 e. The number of nitrogens with one attached hydrogen (secondary N) is 1. The van der Waals surface area contributed by atoms with E-state index in [1.165, 1.54) is 23.1 Å². The molecule has 21 heavy (non-hydrogen) atoms. The van der Waals surface area contributed by atoms with Crippen LogP contribution in [0.25, 0.3) is 0 Å². The van der Waals surface area contributed by atoms with Crippen molar-refractivity contribution in [3.63, 3.8) is 0 Å². The highest BCUT2D eigenvalue weighted by molar-refractivity contribution is 5.78. The van der Waals surface area contributed by atoms with Crippen molar-refractivity contribution < 1.29 is 4.79 Å². The van der Waals surface area contributed by atoms with Gasteiger partial charge in [0, 0.05) is 6.04 Å². The summed E-state index contributed by atoms with van der Waals surface area (Å²) in [6.07, 6.45) is 3.43. The summed E-state index contributed by atoms with van der Waals surface area (Å²) in [6.45, 7) is 5.69. The number of likely N-dealkylation sites (tertiary alicyclic amines) is 1. The third kappa shape index (κ3) is 3.83. The molecule has 1 amide bonds. The highest BCUT2D eigenvalue weighted by atomic mass is 16.2. The van der Waals surface area contributed by atoms with Gasteiger partial charge in [0.05, 0.1) is 12.6 Å². The Morgan fingerprint density at radius 3 is 3.00 bits per heavy atom. The molecule has 0 spiro atoms. The maximum absolute atomic E-state index is 11.9. The fourth-order valence-electron chi connectivity index (χ4n) is 3.05. The van der Waals surface area contributed by atoms with Crippen LogP contribution in [0.1, 0.15) is 42.0 Å². The predicted molar refractivity (Wildman–Crippen MR) is 82.7 cm³/mol. The first-order valence-corrected chi connectivity index (χ1v) is 7.57. The third-order valence-electron chi connectivity index (χ3n) is 4.33. The minimum atomic E-state index is -0.0613. The average Bonchev–Trinajstić information content (AvgIpc) is 2.49. The van der Waals surface area contributed by atoms with Gasteiger partial charge in [0.25, 0.3) is 0 Å². The van der Waals surface area contributed by atoms with Crippen molar-refractivity contribution in [3.8, 4) is 6.07 Å². The van der Waals surface area contributed by atoms with Crippen LogP contribution < -0.4 is 5.32 Å². The number of carbonyl (C=O) groups excluding carboxylic acids is 1. The lowest BCUT2D eigenvalue weighted by molar-refractivity contribution is -0.123. The van der Waals surface area contributed by atoms with Gasteiger partial charge in [-0.25, -0.2) is 0 Å². The number of hydrogen-bond acceptors (Lipinski definition) is 3. The highest BCUT2D eigenvalue weighted by Gasteiger charge is 2.26. The van der Waals surface area contributed by atoms with Crippen LogP contribution in [0.15, 0.2) is 18.2 Å². The van der Waals surface area contributed by atoms with Gasteiger partial charge in [-0.3, -0.25) is 9.69 Å². The molecule has 0 aromatic heterocycles. The molecule has 112 valence electrons. The topological polar surface area (TPSA) is 56.1 Å². The van der Waals surface area contributed by atoms with E-state index in [0.717, 1.165) is 19.4 Å². The van der Waals surface area contributed by atoms with Gasteiger partial charge in [-0.15, -0.1) is 0 Å². The lowest BCUT2D eigenvalue weighted by Crippen LogP contribution is -2.41. The molecule has 1 aliphatic rings. The fourth-order valence-corrected chi connectivity index (χ4v) is 3.05. The molecule has 1 aromatic rings. The summed E-state index contributed by atoms with van der Waals surface area (Å²) >= 11 is 0. The molecule has 1 saturated heterocycles. The Kier molecular flexibility index (Phi) is 5.35. The van der Waals surface area contributed by atoms with Crippen LogP contribution in [0.4, 0.5) is 0 Å². The number of benzene rings is 1. The maximum Gasteiger partial charge on any atom is 0.235 e. The standard InChI is InChI=1S/C17H23N3O/c1-13-6-5-7-15(14(13)2)16-8-3-4-11-20(16)12-17(21)19-10-9-18/h5-7,16H,3-4,8,10-12H2,1-2H3,(H,19,21)/t16-/m0/s1. The Balaban J connectivity index is 2.14. The van der Waals surface area contributed by atoms with Crippen molar-refractivity contribution in [3.05, 3.63) is 34.9 Å². The number of amides is 1. The summed E-state index contributed by atoms with van der Waals surface area (Å²) in [5, 5.41) is 11.2. The van der Waals surface area contributed by atoms with Crippen LogP contribution in [-0.4, -0.2) is 30.4 Å². The second-order valence-electron chi connectivity index (χ2n) is 5.71. The van der Waals surface area contributed by atoms with Crippen molar-refractivity contribution in [2.24, 2.45) is 0 Å². The van der Waals surface area contributed by atoms with Gasteiger partial charge in [0.2, 0.25) is 5.91 Å². The van der Waals surface area contributed by atoms with E-state index in [9.17, 15) is 4.79 Å². The van der Waals surface area contributed by atoms with Crippen LogP contribution in [0.5, 0.6) is 0 Å². The van der Waals surface area contributed by atoms with Gasteiger partial charge >= 0.3 is 0 Å². The molecule has 0 radical (unpaired) electrons. The SMILES string of the molecule is Cc1cccc([C@@H]2CCCCN2CC(=O)NCC#N)c1C. The largest absolute Gasteiger partial charge is 0.342 e. The molecule has 1 atom stereocenters. The summed E-state index contributed by atoms with van der Waals surface area (Å²) in [4.78, 5) is 14.1. The van der Waals surface area contributed by atoms with Crippen LogP contribution in [-0.2, 0) is 4.79 Å². The molecule has 1 N–H and O–H groups in total. The first-order chi connectivity index (χ1) is 10.1. The third-order valence-corrected chi connectivity index (χ3v) is 4.33. The Hall–Kier alpha value is -1.86. The summed E-state index contributed by atoms with van der Waals surface area (Å²) in [6, 6.07) is 8.66. The van der Waals surface area contributed by atoms with Gasteiger partial charge in [-0.05, 0) is 49.9 Å². The zero-order chi connectivity index (χ0) is 15.2. The number of carbonyl (C=O) groups is 1. The molecule has 1 fully saturated rings. The molecule has 0 saturated carbocycles. The van der Waals surface area contributed by atoms with E-state index in [0.29, 0.717) is 12.6 Å². The Morgan fingerprint density at radius 1 is 1.43 bits per heavy atom. The number of nitriles is 1. The van der Waals surface area contributed by atoms with E-state index in [1.807, 2.05) is 6.07 Å². The summed E-state index contributed by atoms with van der Waals surface area (Å²) in [5.41, 5.74) is 3.96. The Labute approximate surface area is 126 Å². The Bertz CT molecular complexity index is 547. The van der Waals surface area contributed by atoms with E-state index >= 15 is 0 Å². The highest BCUT2D eigenvalue weighted by Crippen LogP contribution is 2.33. The molecule has 1 heterocycles. The molecule has 0 aliphatic carbocycles. The number of hydrogen-bond donors (Lipinski definition) is 1. The minimum absolute atomic E-state index is 0.0613. The number of nitrogens with zero attached hydrogens (tertiary/aromatic N) is 2. The monoisotopic (exact) mass is 285 g/mol. The molecule has 0 unspecified atom stereocenters. The predicted octanol–water partition coefficient (Wildman–Crippen LogP) is 2.47. The number of rotatable bonds is 4. The first kappa shape index (κ1) is 15.5. The molecule has 1 aliphatic heterocycles. The van der Waals surface area contributed by atoms with E-state index in [-0.39, 0.29) is 12.5 Å². The van der Waals surface area contributed by atoms with E-state index < -0.39 is 0 Å². The van der Waals surface area contributed by atoms with E-state index in [1.54, 1.807) is 0 Å². The van der Waals surface area contributed by atoms with Crippen LogP contribution in [0.2, 0.25) is 0 Å². The van der Waals surface area contributed by atoms with Gasteiger partial charge in [0.15, 0.2) is 0 Å². The van der Waals surface area contributed by atoms with E-state index in [4.69, 9.17) is 5.26 Å². The zero-order valence-corrected chi connectivity index (χ0v) is 12.9. The second kappa shape index (κ2) is 7.24. The first-order valence-electron chi connectivity index (χ1n) is 7.57. The molecule has 4 heteroatoms. The molecule has 1 aromatic carbocycles. The van der Waals surface area contributed by atoms with Crippen molar-refractivity contribution in [1.82, 2.24) is 10.2 Å². The summed E-state index contributed by atoms with van der Waals surface area (Å²) in [5.74, 6) is -0.0613. The molecule has 0 bridgehead atoms. The van der Waals surface area contributed by atoms with Crippen LogP contribution in [0.3, 0.4) is 0 Å².